The highest BCUT2D eigenvalue weighted by molar-refractivity contribution is 8.00. The molecule has 1 aliphatic carbocycles. The van der Waals surface area contributed by atoms with Gasteiger partial charge in [0.15, 0.2) is 0 Å². The Morgan fingerprint density at radius 3 is 2.52 bits per heavy atom. The first-order valence-corrected chi connectivity index (χ1v) is 9.17. The molecule has 1 saturated carbocycles. The van der Waals surface area contributed by atoms with E-state index in [0.29, 0.717) is 16.6 Å². The second-order valence-corrected chi connectivity index (χ2v) is 7.67. The van der Waals surface area contributed by atoms with Gasteiger partial charge >= 0.3 is 0 Å². The van der Waals surface area contributed by atoms with Crippen LogP contribution in [0.2, 0.25) is 0 Å². The number of aromatic nitrogens is 1. The number of pyridine rings is 1. The highest BCUT2D eigenvalue weighted by Crippen LogP contribution is 2.29. The van der Waals surface area contributed by atoms with E-state index in [4.69, 9.17) is 0 Å². The number of nitrogens with one attached hydrogen (secondary N) is 1. The Kier molecular flexibility index (Phi) is 6.06. The van der Waals surface area contributed by atoms with Crippen LogP contribution >= 0.6 is 11.8 Å². The fourth-order valence-electron chi connectivity index (χ4n) is 2.91. The second kappa shape index (κ2) is 7.83. The van der Waals surface area contributed by atoms with Crippen LogP contribution < -0.4 is 5.32 Å². The van der Waals surface area contributed by atoms with Crippen LogP contribution in [0.25, 0.3) is 0 Å². The van der Waals surface area contributed by atoms with Crippen molar-refractivity contribution >= 4 is 17.7 Å². The average molecular weight is 331 g/mol. The van der Waals surface area contributed by atoms with Gasteiger partial charge in [-0.15, -0.1) is 0 Å². The first kappa shape index (κ1) is 17.8. The van der Waals surface area contributed by atoms with E-state index in [2.05, 4.69) is 16.4 Å². The normalized spacial score (nSPS) is 16.7. The Labute approximate surface area is 143 Å². The summed E-state index contributed by atoms with van der Waals surface area (Å²) in [6, 6.07) is 2.55. The number of amides is 1. The third-order valence-corrected chi connectivity index (χ3v) is 5.77. The first-order valence-electron chi connectivity index (χ1n) is 8.29. The molecular formula is C18H25N3OS. The number of thioether (sulfide) groups is 1. The molecule has 0 aromatic carbocycles. The minimum atomic E-state index is -0.252. The summed E-state index contributed by atoms with van der Waals surface area (Å²) in [6.07, 6.45) is 5.82. The minimum Gasteiger partial charge on any atom is -0.352 e. The van der Waals surface area contributed by atoms with Gasteiger partial charge in [-0.25, -0.2) is 4.98 Å². The van der Waals surface area contributed by atoms with Gasteiger partial charge in [0.25, 0.3) is 0 Å². The fraction of sp³-hybridized carbons (Fsp3) is 0.611. The number of carbonyl (C=O) groups excluding carboxylic acids is 1. The smallest absolute Gasteiger partial charge is 0.233 e. The predicted molar refractivity (Wildman–Crippen MR) is 93.5 cm³/mol. The standard InChI is InChI=1S/C18H25N3OS/c1-11-12(2)16(10-19)18(20-13(11)3)23-14(4)17(22)21-15-8-6-5-7-9-15/h14-15H,5-9H2,1-4H3,(H,21,22)/t14-/m0/s1. The summed E-state index contributed by atoms with van der Waals surface area (Å²) in [4.78, 5) is 16.9. The molecule has 1 aromatic heterocycles. The Morgan fingerprint density at radius 1 is 1.26 bits per heavy atom. The Bertz CT molecular complexity index is 630. The molecule has 5 heteroatoms. The van der Waals surface area contributed by atoms with E-state index in [1.54, 1.807) is 0 Å². The minimum absolute atomic E-state index is 0.0449. The number of hydrogen-bond acceptors (Lipinski definition) is 4. The molecule has 4 nitrogen and oxygen atoms in total. The fourth-order valence-corrected chi connectivity index (χ4v) is 3.93. The van der Waals surface area contributed by atoms with Crippen LogP contribution in [0.3, 0.4) is 0 Å². The van der Waals surface area contributed by atoms with E-state index in [0.717, 1.165) is 29.7 Å². The first-order chi connectivity index (χ1) is 10.9. The Balaban J connectivity index is 2.09. The third-order valence-electron chi connectivity index (χ3n) is 4.68. The van der Waals surface area contributed by atoms with Gasteiger partial charge in [0.05, 0.1) is 10.8 Å². The summed E-state index contributed by atoms with van der Waals surface area (Å²) in [5, 5.41) is 13.0. The quantitative estimate of drug-likeness (QED) is 0.852. The lowest BCUT2D eigenvalue weighted by Gasteiger charge is -2.24. The lowest BCUT2D eigenvalue weighted by molar-refractivity contribution is -0.121. The van der Waals surface area contributed by atoms with Gasteiger partial charge < -0.3 is 5.32 Å². The Morgan fingerprint density at radius 2 is 1.91 bits per heavy atom. The zero-order valence-electron chi connectivity index (χ0n) is 14.4. The lowest BCUT2D eigenvalue weighted by Crippen LogP contribution is -2.40. The predicted octanol–water partition coefficient (Wildman–Crippen LogP) is 3.81. The molecular weight excluding hydrogens is 306 g/mol. The van der Waals surface area contributed by atoms with Crippen LogP contribution in [0, 0.1) is 32.1 Å². The summed E-state index contributed by atoms with van der Waals surface area (Å²) in [5.74, 6) is 0.0449. The maximum atomic E-state index is 12.4. The highest BCUT2D eigenvalue weighted by Gasteiger charge is 2.23. The summed E-state index contributed by atoms with van der Waals surface area (Å²) in [6.45, 7) is 7.75. The van der Waals surface area contributed by atoms with Crippen molar-refractivity contribution < 1.29 is 4.79 Å². The number of carbonyl (C=O) groups is 1. The third kappa shape index (κ3) is 4.26. The van der Waals surface area contributed by atoms with E-state index >= 15 is 0 Å². The van der Waals surface area contributed by atoms with Crippen LogP contribution in [0.4, 0.5) is 0 Å². The molecule has 0 saturated heterocycles. The summed E-state index contributed by atoms with van der Waals surface area (Å²) in [5.41, 5.74) is 3.52. The molecule has 124 valence electrons. The molecule has 0 aliphatic heterocycles. The van der Waals surface area contributed by atoms with E-state index in [1.807, 2.05) is 27.7 Å². The molecule has 1 N–H and O–H groups in total. The maximum Gasteiger partial charge on any atom is 0.233 e. The van der Waals surface area contributed by atoms with E-state index in [1.165, 1.54) is 31.0 Å². The zero-order chi connectivity index (χ0) is 17.0. The van der Waals surface area contributed by atoms with Crippen molar-refractivity contribution in [2.45, 2.75) is 76.1 Å². The summed E-state index contributed by atoms with van der Waals surface area (Å²) in [7, 11) is 0. The van der Waals surface area contributed by atoms with Crippen LogP contribution in [0.15, 0.2) is 5.03 Å². The van der Waals surface area contributed by atoms with Gasteiger partial charge in [-0.05, 0) is 51.7 Å². The number of nitrogens with zero attached hydrogens (tertiary/aromatic N) is 2. The van der Waals surface area contributed by atoms with Crippen molar-refractivity contribution in [3.8, 4) is 6.07 Å². The second-order valence-electron chi connectivity index (χ2n) is 6.34. The molecule has 0 spiro atoms. The number of aryl methyl sites for hydroxylation is 1. The molecule has 1 fully saturated rings. The van der Waals surface area contributed by atoms with Crippen molar-refractivity contribution in [2.75, 3.05) is 0 Å². The van der Waals surface area contributed by atoms with Gasteiger partial charge in [0.2, 0.25) is 5.91 Å². The van der Waals surface area contributed by atoms with E-state index < -0.39 is 0 Å². The number of nitriles is 1. The molecule has 23 heavy (non-hydrogen) atoms. The molecule has 0 radical (unpaired) electrons. The van der Waals surface area contributed by atoms with Crippen LogP contribution in [0.5, 0.6) is 0 Å². The monoisotopic (exact) mass is 331 g/mol. The van der Waals surface area contributed by atoms with Gasteiger partial charge in [-0.1, -0.05) is 31.0 Å². The highest BCUT2D eigenvalue weighted by atomic mass is 32.2. The van der Waals surface area contributed by atoms with Crippen molar-refractivity contribution in [1.82, 2.24) is 10.3 Å². The van der Waals surface area contributed by atoms with Crippen molar-refractivity contribution in [1.29, 1.82) is 5.26 Å². The molecule has 1 aliphatic rings. The molecule has 1 heterocycles. The summed E-state index contributed by atoms with van der Waals surface area (Å²) < 4.78 is 0. The molecule has 0 unspecified atom stereocenters. The van der Waals surface area contributed by atoms with Crippen LogP contribution in [-0.2, 0) is 4.79 Å². The lowest BCUT2D eigenvalue weighted by atomic mass is 9.95. The van der Waals surface area contributed by atoms with E-state index in [9.17, 15) is 10.1 Å². The van der Waals surface area contributed by atoms with Crippen LogP contribution in [0.1, 0.15) is 61.4 Å². The van der Waals surface area contributed by atoms with Crippen molar-refractivity contribution in [2.24, 2.45) is 0 Å². The molecule has 2 rings (SSSR count). The Hall–Kier alpha value is -1.54. The SMILES string of the molecule is Cc1nc(S[C@@H](C)C(=O)NC2CCCCC2)c(C#N)c(C)c1C. The van der Waals surface area contributed by atoms with Crippen LogP contribution in [-0.4, -0.2) is 22.2 Å². The topological polar surface area (TPSA) is 65.8 Å². The van der Waals surface area contributed by atoms with Crippen molar-refractivity contribution in [3.05, 3.63) is 22.4 Å². The molecule has 1 aromatic rings. The van der Waals surface area contributed by atoms with Gasteiger partial charge in [0.1, 0.15) is 11.1 Å². The maximum absolute atomic E-state index is 12.4. The molecule has 1 atom stereocenters. The molecule has 1 amide bonds. The van der Waals surface area contributed by atoms with Gasteiger partial charge in [0, 0.05) is 11.7 Å². The largest absolute Gasteiger partial charge is 0.352 e. The summed E-state index contributed by atoms with van der Waals surface area (Å²) >= 11 is 1.38. The number of rotatable bonds is 4. The van der Waals surface area contributed by atoms with Gasteiger partial charge in [-0.2, -0.15) is 5.26 Å². The molecule has 0 bridgehead atoms. The van der Waals surface area contributed by atoms with Gasteiger partial charge in [-0.3, -0.25) is 4.79 Å². The average Bonchev–Trinajstić information content (AvgIpc) is 2.54. The van der Waals surface area contributed by atoms with Crippen molar-refractivity contribution in [3.63, 3.8) is 0 Å². The zero-order valence-corrected chi connectivity index (χ0v) is 15.2. The van der Waals surface area contributed by atoms with E-state index in [-0.39, 0.29) is 11.2 Å². The number of hydrogen-bond donors (Lipinski definition) is 1.